The molecule has 7 nitrogen and oxygen atoms in total. The molecular formula is C25H26BrNO6. The van der Waals surface area contributed by atoms with E-state index in [1.165, 1.54) is 20.1 Å². The van der Waals surface area contributed by atoms with Crippen molar-refractivity contribution in [1.82, 2.24) is 5.32 Å². The van der Waals surface area contributed by atoms with Crippen LogP contribution in [-0.2, 0) is 4.79 Å². The molecule has 0 saturated heterocycles. The number of amides is 1. The van der Waals surface area contributed by atoms with Gasteiger partial charge in [0.15, 0.2) is 0 Å². The molecule has 0 spiro atoms. The monoisotopic (exact) mass is 515 g/mol. The second-order valence-corrected chi connectivity index (χ2v) is 9.63. The molecule has 0 saturated carbocycles. The predicted octanol–water partition coefficient (Wildman–Crippen LogP) is 5.45. The van der Waals surface area contributed by atoms with Crippen LogP contribution in [0.15, 0.2) is 34.8 Å². The standard InChI is InChI=1S/C25H26BrNO6/c1-12-9-16(24(31)27-25(3,4)5)20(19(10-12)32-6)15-11-18(29)21-14(23(15)33-13(2)28)7-8-17(26)22(21)30/h7-11,29-30H,1-6H3,(H,27,31). The van der Waals surface area contributed by atoms with E-state index in [1.54, 1.807) is 24.3 Å². The number of phenolic OH excluding ortho intramolecular Hbond substituents is 2. The summed E-state index contributed by atoms with van der Waals surface area (Å²) >= 11 is 3.24. The number of rotatable bonds is 4. The normalized spacial score (nSPS) is 11.4. The second-order valence-electron chi connectivity index (χ2n) is 8.78. The van der Waals surface area contributed by atoms with Gasteiger partial charge in [0, 0.05) is 29.0 Å². The summed E-state index contributed by atoms with van der Waals surface area (Å²) in [4.78, 5) is 25.3. The Morgan fingerprint density at radius 2 is 1.76 bits per heavy atom. The largest absolute Gasteiger partial charge is 0.507 e. The summed E-state index contributed by atoms with van der Waals surface area (Å²) in [7, 11) is 1.47. The molecule has 3 aromatic rings. The Morgan fingerprint density at radius 1 is 1.09 bits per heavy atom. The van der Waals surface area contributed by atoms with Crippen LogP contribution in [0.3, 0.4) is 0 Å². The maximum absolute atomic E-state index is 13.3. The van der Waals surface area contributed by atoms with Gasteiger partial charge in [-0.3, -0.25) is 9.59 Å². The second kappa shape index (κ2) is 8.94. The van der Waals surface area contributed by atoms with Crippen LogP contribution in [0, 0.1) is 6.92 Å². The average molecular weight is 516 g/mol. The molecule has 0 unspecified atom stereocenters. The first kappa shape index (κ1) is 24.4. The number of carbonyl (C=O) groups is 2. The number of ether oxygens (including phenoxy) is 2. The molecule has 8 heteroatoms. The van der Waals surface area contributed by atoms with Gasteiger partial charge < -0.3 is 25.0 Å². The summed E-state index contributed by atoms with van der Waals surface area (Å²) in [6.45, 7) is 8.68. The van der Waals surface area contributed by atoms with Gasteiger partial charge in [0.25, 0.3) is 5.91 Å². The number of aryl methyl sites for hydroxylation is 1. The van der Waals surface area contributed by atoms with E-state index in [0.717, 1.165) is 5.56 Å². The number of methoxy groups -OCH3 is 1. The highest BCUT2D eigenvalue weighted by Gasteiger charge is 2.27. The quantitative estimate of drug-likeness (QED) is 0.315. The highest BCUT2D eigenvalue weighted by molar-refractivity contribution is 9.10. The Morgan fingerprint density at radius 3 is 2.33 bits per heavy atom. The van der Waals surface area contributed by atoms with Gasteiger partial charge in [-0.1, -0.05) is 0 Å². The lowest BCUT2D eigenvalue weighted by atomic mass is 9.92. The van der Waals surface area contributed by atoms with Crippen molar-refractivity contribution < 1.29 is 29.3 Å². The summed E-state index contributed by atoms with van der Waals surface area (Å²) in [5.74, 6) is -0.956. The molecule has 0 atom stereocenters. The number of esters is 1. The van der Waals surface area contributed by atoms with Crippen molar-refractivity contribution in [2.75, 3.05) is 7.11 Å². The van der Waals surface area contributed by atoms with E-state index in [0.29, 0.717) is 21.2 Å². The molecule has 0 aliphatic carbocycles. The van der Waals surface area contributed by atoms with Crippen LogP contribution in [0.2, 0.25) is 0 Å². The zero-order chi connectivity index (χ0) is 24.7. The number of phenols is 2. The van der Waals surface area contributed by atoms with E-state index in [2.05, 4.69) is 21.2 Å². The number of aromatic hydroxyl groups is 2. The molecule has 3 aromatic carbocycles. The number of nitrogens with one attached hydrogen (secondary N) is 1. The number of halogens is 1. The fourth-order valence-corrected chi connectivity index (χ4v) is 3.98. The molecule has 0 bridgehead atoms. The summed E-state index contributed by atoms with van der Waals surface area (Å²) < 4.78 is 11.5. The molecule has 33 heavy (non-hydrogen) atoms. The van der Waals surface area contributed by atoms with Crippen molar-refractivity contribution in [1.29, 1.82) is 0 Å². The Hall–Kier alpha value is -3.26. The Balaban J connectivity index is 2.47. The highest BCUT2D eigenvalue weighted by atomic mass is 79.9. The molecule has 0 aliphatic rings. The van der Waals surface area contributed by atoms with E-state index in [4.69, 9.17) is 9.47 Å². The molecule has 0 fully saturated rings. The van der Waals surface area contributed by atoms with E-state index in [1.807, 2.05) is 27.7 Å². The molecule has 0 aromatic heterocycles. The lowest BCUT2D eigenvalue weighted by Crippen LogP contribution is -2.40. The van der Waals surface area contributed by atoms with Crippen molar-refractivity contribution in [3.8, 4) is 34.1 Å². The summed E-state index contributed by atoms with van der Waals surface area (Å²) in [5, 5.41) is 24.7. The first-order valence-electron chi connectivity index (χ1n) is 10.2. The Kier molecular flexibility index (Phi) is 6.61. The fraction of sp³-hybridized carbons (Fsp3) is 0.280. The average Bonchev–Trinajstić information content (AvgIpc) is 2.70. The van der Waals surface area contributed by atoms with Gasteiger partial charge in [-0.25, -0.2) is 0 Å². The van der Waals surface area contributed by atoms with Crippen LogP contribution >= 0.6 is 15.9 Å². The first-order valence-corrected chi connectivity index (χ1v) is 11.0. The summed E-state index contributed by atoms with van der Waals surface area (Å²) in [6, 6.07) is 8.00. The van der Waals surface area contributed by atoms with Crippen LogP contribution in [0.25, 0.3) is 21.9 Å². The lowest BCUT2D eigenvalue weighted by molar-refractivity contribution is -0.131. The molecule has 3 rings (SSSR count). The van der Waals surface area contributed by atoms with Gasteiger partial charge in [-0.15, -0.1) is 0 Å². The van der Waals surface area contributed by atoms with Crippen LogP contribution in [-0.4, -0.2) is 34.7 Å². The van der Waals surface area contributed by atoms with Crippen LogP contribution < -0.4 is 14.8 Å². The molecule has 174 valence electrons. The van der Waals surface area contributed by atoms with E-state index in [9.17, 15) is 19.8 Å². The van der Waals surface area contributed by atoms with Gasteiger partial charge >= 0.3 is 5.97 Å². The smallest absolute Gasteiger partial charge is 0.308 e. The van der Waals surface area contributed by atoms with Crippen LogP contribution in [0.5, 0.6) is 23.0 Å². The third-order valence-electron chi connectivity index (χ3n) is 4.87. The third-order valence-corrected chi connectivity index (χ3v) is 5.51. The third kappa shape index (κ3) is 4.90. The molecular weight excluding hydrogens is 490 g/mol. The lowest BCUT2D eigenvalue weighted by Gasteiger charge is -2.24. The summed E-state index contributed by atoms with van der Waals surface area (Å²) in [5.41, 5.74) is 1.19. The van der Waals surface area contributed by atoms with Gasteiger partial charge in [-0.2, -0.15) is 0 Å². The number of fused-ring (bicyclic) bond motifs is 1. The van der Waals surface area contributed by atoms with Crippen molar-refractivity contribution >= 4 is 38.6 Å². The number of hydrogen-bond acceptors (Lipinski definition) is 6. The molecule has 0 radical (unpaired) electrons. The van der Waals surface area contributed by atoms with Crippen molar-refractivity contribution in [2.24, 2.45) is 0 Å². The van der Waals surface area contributed by atoms with Gasteiger partial charge in [-0.05, 0) is 79.5 Å². The van der Waals surface area contributed by atoms with Crippen LogP contribution in [0.1, 0.15) is 43.6 Å². The van der Waals surface area contributed by atoms with E-state index >= 15 is 0 Å². The highest BCUT2D eigenvalue weighted by Crippen LogP contribution is 2.49. The minimum absolute atomic E-state index is 0.0880. The molecule has 0 heterocycles. The molecule has 3 N–H and O–H groups in total. The van der Waals surface area contributed by atoms with Crippen molar-refractivity contribution in [3.05, 3.63) is 45.9 Å². The first-order chi connectivity index (χ1) is 15.3. The number of carbonyl (C=O) groups excluding carboxylic acids is 2. The van der Waals surface area contributed by atoms with E-state index < -0.39 is 11.5 Å². The number of hydrogen-bond donors (Lipinski definition) is 3. The van der Waals surface area contributed by atoms with Gasteiger partial charge in [0.2, 0.25) is 0 Å². The van der Waals surface area contributed by atoms with Crippen molar-refractivity contribution in [2.45, 2.75) is 40.2 Å². The molecule has 0 aliphatic heterocycles. The van der Waals surface area contributed by atoms with Gasteiger partial charge in [0.05, 0.1) is 22.5 Å². The zero-order valence-electron chi connectivity index (χ0n) is 19.3. The zero-order valence-corrected chi connectivity index (χ0v) is 20.9. The fourth-order valence-electron chi connectivity index (χ4n) is 3.65. The summed E-state index contributed by atoms with van der Waals surface area (Å²) in [6.07, 6.45) is 0. The predicted molar refractivity (Wildman–Crippen MR) is 130 cm³/mol. The van der Waals surface area contributed by atoms with Crippen molar-refractivity contribution in [3.63, 3.8) is 0 Å². The maximum Gasteiger partial charge on any atom is 0.308 e. The van der Waals surface area contributed by atoms with Crippen LogP contribution in [0.4, 0.5) is 0 Å². The minimum Gasteiger partial charge on any atom is -0.507 e. The topological polar surface area (TPSA) is 105 Å². The maximum atomic E-state index is 13.3. The Bertz CT molecular complexity index is 1280. The Labute approximate surface area is 200 Å². The molecule has 1 amide bonds. The number of benzene rings is 3. The minimum atomic E-state index is -0.600. The SMILES string of the molecule is COc1cc(C)cc(C(=O)NC(C)(C)C)c1-c1cc(O)c2c(O)c(Br)ccc2c1OC(C)=O. The van der Waals surface area contributed by atoms with Gasteiger partial charge in [0.1, 0.15) is 23.0 Å². The van der Waals surface area contributed by atoms with E-state index in [-0.39, 0.29) is 39.7 Å².